The van der Waals surface area contributed by atoms with Crippen LogP contribution in [0.5, 0.6) is 5.75 Å². The van der Waals surface area contributed by atoms with Crippen LogP contribution >= 0.6 is 0 Å². The van der Waals surface area contributed by atoms with Crippen LogP contribution in [0.2, 0.25) is 0 Å². The second kappa shape index (κ2) is 5.10. The zero-order valence-corrected chi connectivity index (χ0v) is 12.2. The molecule has 2 rings (SSSR count). The number of hydrogen-bond acceptors (Lipinski definition) is 2. The van der Waals surface area contributed by atoms with Gasteiger partial charge >= 0.3 is 0 Å². The predicted molar refractivity (Wildman–Crippen MR) is 77.7 cm³/mol. The molecular formula is C16H21NO2. The van der Waals surface area contributed by atoms with E-state index in [-0.39, 0.29) is 6.61 Å². The van der Waals surface area contributed by atoms with Crippen LogP contribution in [0.25, 0.3) is 11.3 Å². The molecule has 0 aliphatic carbocycles. The lowest BCUT2D eigenvalue weighted by molar-refractivity contribution is 0.281. The highest BCUT2D eigenvalue weighted by Gasteiger charge is 2.14. The molecule has 3 heteroatoms. The van der Waals surface area contributed by atoms with Crippen molar-refractivity contribution in [1.29, 1.82) is 0 Å². The quantitative estimate of drug-likeness (QED) is 0.887. The Hall–Kier alpha value is -1.74. The Morgan fingerprint density at radius 3 is 2.32 bits per heavy atom. The van der Waals surface area contributed by atoms with Crippen LogP contribution in [-0.2, 0) is 6.61 Å². The van der Waals surface area contributed by atoms with Gasteiger partial charge in [-0.3, -0.25) is 0 Å². The summed E-state index contributed by atoms with van der Waals surface area (Å²) in [6, 6.07) is 4.09. The molecule has 3 nitrogen and oxygen atoms in total. The topological polar surface area (TPSA) is 45.2 Å². The number of aryl methyl sites for hydroxylation is 2. The molecule has 0 unspecified atom stereocenters. The zero-order chi connectivity index (χ0) is 14.2. The first kappa shape index (κ1) is 13.7. The molecule has 0 atom stereocenters. The third kappa shape index (κ3) is 2.26. The second-order valence-corrected chi connectivity index (χ2v) is 5.01. The Morgan fingerprint density at radius 2 is 1.79 bits per heavy atom. The van der Waals surface area contributed by atoms with Crippen LogP contribution in [0.3, 0.4) is 0 Å². The average molecular weight is 259 g/mol. The molecule has 1 aromatic carbocycles. The number of aliphatic hydroxyl groups excluding tert-OH is 1. The third-order valence-corrected chi connectivity index (χ3v) is 3.83. The first-order valence-corrected chi connectivity index (χ1v) is 6.44. The van der Waals surface area contributed by atoms with Gasteiger partial charge in [0.15, 0.2) is 0 Å². The maximum atomic E-state index is 9.31. The minimum absolute atomic E-state index is 0.0650. The summed E-state index contributed by atoms with van der Waals surface area (Å²) in [6.07, 6.45) is 0. The van der Waals surface area contributed by atoms with Gasteiger partial charge in [0.2, 0.25) is 0 Å². The van der Waals surface area contributed by atoms with E-state index in [1.54, 1.807) is 7.11 Å². The maximum absolute atomic E-state index is 9.31. The molecule has 0 amide bonds. The highest BCUT2D eigenvalue weighted by Crippen LogP contribution is 2.34. The van der Waals surface area contributed by atoms with E-state index in [0.717, 1.165) is 28.3 Å². The van der Waals surface area contributed by atoms with Crippen LogP contribution in [0, 0.1) is 27.7 Å². The highest BCUT2D eigenvalue weighted by molar-refractivity contribution is 5.72. The molecule has 0 spiro atoms. The molecule has 0 aliphatic heterocycles. The molecule has 0 bridgehead atoms. The van der Waals surface area contributed by atoms with Gasteiger partial charge in [0.1, 0.15) is 5.75 Å². The lowest BCUT2D eigenvalue weighted by Gasteiger charge is -2.15. The van der Waals surface area contributed by atoms with E-state index in [1.807, 2.05) is 13.0 Å². The van der Waals surface area contributed by atoms with Crippen molar-refractivity contribution in [2.75, 3.05) is 7.11 Å². The van der Waals surface area contributed by atoms with E-state index in [4.69, 9.17) is 4.74 Å². The van der Waals surface area contributed by atoms with Crippen molar-refractivity contribution in [2.45, 2.75) is 34.3 Å². The van der Waals surface area contributed by atoms with Crippen molar-refractivity contribution in [3.63, 3.8) is 0 Å². The molecule has 2 N–H and O–H groups in total. The summed E-state index contributed by atoms with van der Waals surface area (Å²) in [5.41, 5.74) is 7.75. The summed E-state index contributed by atoms with van der Waals surface area (Å²) >= 11 is 0. The lowest BCUT2D eigenvalue weighted by Crippen LogP contribution is -1.96. The number of aromatic nitrogens is 1. The van der Waals surface area contributed by atoms with Crippen LogP contribution in [0.4, 0.5) is 0 Å². The standard InChI is InChI=1S/C16H21NO2/c1-9-6-15(19-5)10(2)11(3)16(9)14-7-13(8-18)12(4)17-14/h6-7,17-18H,8H2,1-5H3. The van der Waals surface area contributed by atoms with Gasteiger partial charge in [0, 0.05) is 17.0 Å². The molecule has 1 aromatic heterocycles. The van der Waals surface area contributed by atoms with Crippen LogP contribution < -0.4 is 4.74 Å². The SMILES string of the molecule is COc1cc(C)c(-c2cc(CO)c(C)[nH]2)c(C)c1C. The largest absolute Gasteiger partial charge is 0.496 e. The Morgan fingerprint density at radius 1 is 1.11 bits per heavy atom. The molecule has 0 fully saturated rings. The van der Waals surface area contributed by atoms with Gasteiger partial charge in [0.25, 0.3) is 0 Å². The summed E-state index contributed by atoms with van der Waals surface area (Å²) in [4.78, 5) is 3.36. The number of H-pyrrole nitrogens is 1. The third-order valence-electron chi connectivity index (χ3n) is 3.83. The molecule has 0 saturated heterocycles. The van der Waals surface area contributed by atoms with Crippen molar-refractivity contribution in [2.24, 2.45) is 0 Å². The van der Waals surface area contributed by atoms with Crippen molar-refractivity contribution >= 4 is 0 Å². The zero-order valence-electron chi connectivity index (χ0n) is 12.2. The fraction of sp³-hybridized carbons (Fsp3) is 0.375. The van der Waals surface area contributed by atoms with E-state index < -0.39 is 0 Å². The van der Waals surface area contributed by atoms with E-state index in [9.17, 15) is 5.11 Å². The van der Waals surface area contributed by atoms with E-state index in [2.05, 4.69) is 31.8 Å². The van der Waals surface area contributed by atoms with Crippen molar-refractivity contribution < 1.29 is 9.84 Å². The molecule has 0 radical (unpaired) electrons. The van der Waals surface area contributed by atoms with Crippen LogP contribution in [-0.4, -0.2) is 17.2 Å². The summed E-state index contributed by atoms with van der Waals surface area (Å²) < 4.78 is 5.40. The lowest BCUT2D eigenvalue weighted by atomic mass is 9.95. The predicted octanol–water partition coefficient (Wildman–Crippen LogP) is 3.42. The van der Waals surface area contributed by atoms with Gasteiger partial charge in [-0.2, -0.15) is 0 Å². The number of nitrogens with one attached hydrogen (secondary N) is 1. The Kier molecular flexibility index (Phi) is 3.67. The number of benzene rings is 1. The summed E-state index contributed by atoms with van der Waals surface area (Å²) in [6.45, 7) is 8.31. The molecule has 2 aromatic rings. The molecular weight excluding hydrogens is 238 g/mol. The molecule has 102 valence electrons. The summed E-state index contributed by atoms with van der Waals surface area (Å²) in [5.74, 6) is 0.921. The number of rotatable bonds is 3. The van der Waals surface area contributed by atoms with Gasteiger partial charge in [0.05, 0.1) is 13.7 Å². The monoisotopic (exact) mass is 259 g/mol. The molecule has 19 heavy (non-hydrogen) atoms. The maximum Gasteiger partial charge on any atom is 0.122 e. The van der Waals surface area contributed by atoms with E-state index >= 15 is 0 Å². The van der Waals surface area contributed by atoms with E-state index in [1.165, 1.54) is 16.7 Å². The molecule has 1 heterocycles. The second-order valence-electron chi connectivity index (χ2n) is 5.01. The van der Waals surface area contributed by atoms with Crippen molar-refractivity contribution in [1.82, 2.24) is 4.98 Å². The van der Waals surface area contributed by atoms with Gasteiger partial charge in [-0.15, -0.1) is 0 Å². The average Bonchev–Trinajstić information content (AvgIpc) is 2.75. The van der Waals surface area contributed by atoms with Gasteiger partial charge < -0.3 is 14.8 Å². The Bertz CT molecular complexity index is 612. The van der Waals surface area contributed by atoms with E-state index in [0.29, 0.717) is 0 Å². The number of ether oxygens (including phenoxy) is 1. The van der Waals surface area contributed by atoms with Gasteiger partial charge in [-0.05, 0) is 62.1 Å². The minimum Gasteiger partial charge on any atom is -0.496 e. The summed E-state index contributed by atoms with van der Waals surface area (Å²) in [7, 11) is 1.70. The van der Waals surface area contributed by atoms with Gasteiger partial charge in [-0.1, -0.05) is 0 Å². The van der Waals surface area contributed by atoms with Gasteiger partial charge in [-0.25, -0.2) is 0 Å². The molecule has 0 saturated carbocycles. The van der Waals surface area contributed by atoms with Crippen LogP contribution in [0.15, 0.2) is 12.1 Å². The normalized spacial score (nSPS) is 10.8. The van der Waals surface area contributed by atoms with Crippen LogP contribution in [0.1, 0.15) is 27.9 Å². The smallest absolute Gasteiger partial charge is 0.122 e. The number of methoxy groups -OCH3 is 1. The highest BCUT2D eigenvalue weighted by atomic mass is 16.5. The number of hydrogen-bond donors (Lipinski definition) is 2. The number of aliphatic hydroxyl groups is 1. The first-order chi connectivity index (χ1) is 8.99. The van der Waals surface area contributed by atoms with Crippen molar-refractivity contribution in [3.8, 4) is 17.0 Å². The van der Waals surface area contributed by atoms with Crippen molar-refractivity contribution in [3.05, 3.63) is 40.1 Å². The Balaban J connectivity index is 2.65. The Labute approximate surface area is 114 Å². The fourth-order valence-corrected chi connectivity index (χ4v) is 2.57. The molecule has 0 aliphatic rings. The first-order valence-electron chi connectivity index (χ1n) is 6.44. The summed E-state index contributed by atoms with van der Waals surface area (Å²) in [5, 5.41) is 9.31. The minimum atomic E-state index is 0.0650. The fourth-order valence-electron chi connectivity index (χ4n) is 2.57. The number of aromatic amines is 1.